The highest BCUT2D eigenvalue weighted by molar-refractivity contribution is 7.95. The lowest BCUT2D eigenvalue weighted by atomic mass is 10.4. The van der Waals surface area contributed by atoms with Crippen LogP contribution in [0.1, 0.15) is 11.4 Å². The van der Waals surface area contributed by atoms with Crippen molar-refractivity contribution < 1.29 is 4.28 Å². The molecule has 1 aromatic heterocycles. The molecule has 0 aromatic carbocycles. The number of aryl methyl sites for hydroxylation is 2. The standard InChI is InChI=1S/C7H12N4OS/c1-5-4-6(2)10-7(9-5)11(3)13-12-8/h4H,8H2,1-3H3. The Morgan fingerprint density at radius 3 is 2.38 bits per heavy atom. The number of hydrogen-bond acceptors (Lipinski definition) is 6. The maximum Gasteiger partial charge on any atom is 0.237 e. The van der Waals surface area contributed by atoms with Crippen LogP contribution in [-0.4, -0.2) is 17.0 Å². The van der Waals surface area contributed by atoms with E-state index in [0.717, 1.165) is 23.6 Å². The zero-order chi connectivity index (χ0) is 9.84. The quantitative estimate of drug-likeness (QED) is 0.446. The zero-order valence-electron chi connectivity index (χ0n) is 7.81. The lowest BCUT2D eigenvalue weighted by Crippen LogP contribution is -2.13. The maximum atomic E-state index is 4.91. The predicted octanol–water partition coefficient (Wildman–Crippen LogP) is 0.983. The van der Waals surface area contributed by atoms with Gasteiger partial charge in [0.05, 0.1) is 0 Å². The summed E-state index contributed by atoms with van der Waals surface area (Å²) in [5.41, 5.74) is 1.85. The third-order valence-electron chi connectivity index (χ3n) is 1.41. The van der Waals surface area contributed by atoms with Gasteiger partial charge in [0.25, 0.3) is 0 Å². The molecule has 0 atom stereocenters. The van der Waals surface area contributed by atoms with Gasteiger partial charge in [-0.25, -0.2) is 20.1 Å². The largest absolute Gasteiger partial charge is 0.263 e. The Morgan fingerprint density at radius 2 is 1.92 bits per heavy atom. The molecule has 1 rings (SSSR count). The molecule has 0 aliphatic carbocycles. The average Bonchev–Trinajstić information content (AvgIpc) is 2.03. The molecule has 0 amide bonds. The number of nitrogens with zero attached hydrogens (tertiary/aromatic N) is 3. The molecule has 0 saturated carbocycles. The van der Waals surface area contributed by atoms with Gasteiger partial charge in [-0.2, -0.15) is 0 Å². The van der Waals surface area contributed by atoms with Crippen LogP contribution in [0.15, 0.2) is 6.07 Å². The van der Waals surface area contributed by atoms with Gasteiger partial charge < -0.3 is 0 Å². The maximum absolute atomic E-state index is 4.91. The topological polar surface area (TPSA) is 64.3 Å². The molecule has 0 aliphatic rings. The molecule has 2 N–H and O–H groups in total. The Kier molecular flexibility index (Phi) is 3.47. The summed E-state index contributed by atoms with van der Waals surface area (Å²) >= 11 is 0.988. The van der Waals surface area contributed by atoms with Crippen molar-refractivity contribution in [2.24, 2.45) is 5.90 Å². The van der Waals surface area contributed by atoms with Crippen molar-refractivity contribution in [1.29, 1.82) is 0 Å². The van der Waals surface area contributed by atoms with Gasteiger partial charge >= 0.3 is 0 Å². The van der Waals surface area contributed by atoms with Crippen molar-refractivity contribution in [3.63, 3.8) is 0 Å². The van der Waals surface area contributed by atoms with E-state index in [1.165, 1.54) is 0 Å². The fourth-order valence-electron chi connectivity index (χ4n) is 0.946. The monoisotopic (exact) mass is 200 g/mol. The van der Waals surface area contributed by atoms with Crippen LogP contribution < -0.4 is 10.2 Å². The van der Waals surface area contributed by atoms with Gasteiger partial charge in [0.15, 0.2) is 0 Å². The molecule has 0 radical (unpaired) electrons. The van der Waals surface area contributed by atoms with Crippen molar-refractivity contribution in [3.05, 3.63) is 17.5 Å². The first-order valence-corrected chi connectivity index (χ1v) is 4.43. The second-order valence-electron chi connectivity index (χ2n) is 2.62. The highest BCUT2D eigenvalue weighted by Crippen LogP contribution is 2.15. The fraction of sp³-hybridized carbons (Fsp3) is 0.429. The molecule has 13 heavy (non-hydrogen) atoms. The fourth-order valence-corrected chi connectivity index (χ4v) is 1.22. The number of rotatable bonds is 3. The lowest BCUT2D eigenvalue weighted by Gasteiger charge is -2.13. The van der Waals surface area contributed by atoms with Gasteiger partial charge in [-0.1, -0.05) is 0 Å². The van der Waals surface area contributed by atoms with Crippen LogP contribution in [0, 0.1) is 13.8 Å². The first-order chi connectivity index (χ1) is 6.13. The van der Waals surface area contributed by atoms with Crippen molar-refractivity contribution in [2.45, 2.75) is 13.8 Å². The molecule has 6 heteroatoms. The average molecular weight is 200 g/mol. The van der Waals surface area contributed by atoms with E-state index in [9.17, 15) is 0 Å². The highest BCUT2D eigenvalue weighted by atomic mass is 32.2. The third kappa shape index (κ3) is 2.83. The van der Waals surface area contributed by atoms with Crippen LogP contribution >= 0.6 is 12.2 Å². The lowest BCUT2D eigenvalue weighted by molar-refractivity contribution is 0.397. The minimum atomic E-state index is 0.591. The summed E-state index contributed by atoms with van der Waals surface area (Å²) < 4.78 is 6.05. The molecule has 0 saturated heterocycles. The Labute approximate surface area is 81.6 Å². The molecule has 72 valence electrons. The van der Waals surface area contributed by atoms with Crippen LogP contribution in [0.5, 0.6) is 0 Å². The SMILES string of the molecule is Cc1cc(C)nc(N(C)SON)n1. The van der Waals surface area contributed by atoms with Crippen LogP contribution in [0.4, 0.5) is 5.95 Å². The summed E-state index contributed by atoms with van der Waals surface area (Å²) in [5.74, 6) is 5.50. The van der Waals surface area contributed by atoms with Gasteiger partial charge in [-0.05, 0) is 19.9 Å². The van der Waals surface area contributed by atoms with Crippen LogP contribution in [-0.2, 0) is 4.28 Å². The van der Waals surface area contributed by atoms with Crippen molar-refractivity contribution in [1.82, 2.24) is 9.97 Å². The van der Waals surface area contributed by atoms with Crippen LogP contribution in [0.2, 0.25) is 0 Å². The second kappa shape index (κ2) is 4.40. The van der Waals surface area contributed by atoms with Crippen LogP contribution in [0.3, 0.4) is 0 Å². The van der Waals surface area contributed by atoms with Gasteiger partial charge in [0.1, 0.15) is 12.2 Å². The van der Waals surface area contributed by atoms with Gasteiger partial charge in [-0.3, -0.25) is 4.31 Å². The first kappa shape index (κ1) is 10.2. The first-order valence-electron chi connectivity index (χ1n) is 3.73. The highest BCUT2D eigenvalue weighted by Gasteiger charge is 2.06. The molecule has 1 aromatic rings. The smallest absolute Gasteiger partial charge is 0.237 e. The number of nitrogens with two attached hydrogens (primary N) is 1. The third-order valence-corrected chi connectivity index (χ3v) is 1.88. The predicted molar refractivity (Wildman–Crippen MR) is 52.8 cm³/mol. The normalized spacial score (nSPS) is 10.2. The van der Waals surface area contributed by atoms with Crippen molar-refractivity contribution in [3.8, 4) is 0 Å². The van der Waals surface area contributed by atoms with E-state index >= 15 is 0 Å². The zero-order valence-corrected chi connectivity index (χ0v) is 8.63. The van der Waals surface area contributed by atoms with Gasteiger partial charge in [0.2, 0.25) is 5.95 Å². The Morgan fingerprint density at radius 1 is 1.38 bits per heavy atom. The van der Waals surface area contributed by atoms with Crippen molar-refractivity contribution in [2.75, 3.05) is 11.4 Å². The van der Waals surface area contributed by atoms with E-state index in [1.54, 1.807) is 11.4 Å². The molecule has 0 unspecified atom stereocenters. The van der Waals surface area contributed by atoms with E-state index in [4.69, 9.17) is 5.90 Å². The summed E-state index contributed by atoms with van der Waals surface area (Å²) in [6.07, 6.45) is 0. The number of anilines is 1. The second-order valence-corrected chi connectivity index (χ2v) is 3.51. The van der Waals surface area contributed by atoms with E-state index in [0.29, 0.717) is 5.95 Å². The molecule has 1 heterocycles. The summed E-state index contributed by atoms with van der Waals surface area (Å²) in [6, 6.07) is 1.91. The van der Waals surface area contributed by atoms with E-state index in [1.807, 2.05) is 19.9 Å². The molecule has 0 aliphatic heterocycles. The minimum Gasteiger partial charge on any atom is -0.263 e. The van der Waals surface area contributed by atoms with E-state index in [-0.39, 0.29) is 0 Å². The molecule has 0 bridgehead atoms. The summed E-state index contributed by atoms with van der Waals surface area (Å²) in [6.45, 7) is 3.83. The summed E-state index contributed by atoms with van der Waals surface area (Å²) in [7, 11) is 1.78. The summed E-state index contributed by atoms with van der Waals surface area (Å²) in [5, 5.41) is 0. The van der Waals surface area contributed by atoms with Gasteiger partial charge in [0, 0.05) is 18.4 Å². The molecular formula is C7H12N4OS. The van der Waals surface area contributed by atoms with Gasteiger partial charge in [-0.15, -0.1) is 0 Å². The van der Waals surface area contributed by atoms with E-state index < -0.39 is 0 Å². The van der Waals surface area contributed by atoms with Crippen LogP contribution in [0.25, 0.3) is 0 Å². The number of hydrogen-bond donors (Lipinski definition) is 1. The van der Waals surface area contributed by atoms with E-state index in [2.05, 4.69) is 14.3 Å². The molecular weight excluding hydrogens is 188 g/mol. The minimum absolute atomic E-state index is 0.591. The Bertz CT molecular complexity index is 274. The Balaban J connectivity index is 2.87. The summed E-state index contributed by atoms with van der Waals surface area (Å²) in [4.78, 5) is 8.42. The van der Waals surface area contributed by atoms with Crippen molar-refractivity contribution >= 4 is 18.2 Å². The molecule has 5 nitrogen and oxygen atoms in total. The Hall–Kier alpha value is -0.850. The molecule has 0 fully saturated rings. The number of aromatic nitrogens is 2. The molecule has 0 spiro atoms.